The Morgan fingerprint density at radius 1 is 1.10 bits per heavy atom. The topological polar surface area (TPSA) is 93.8 Å². The molecular weight excluding hydrogens is 397 g/mol. The number of nitrogens with one attached hydrogen (secondary N) is 1. The van der Waals surface area contributed by atoms with Crippen LogP contribution in [0.5, 0.6) is 0 Å². The molecule has 3 heterocycles. The number of nitrogens with zero attached hydrogens (tertiary/aromatic N) is 4. The summed E-state index contributed by atoms with van der Waals surface area (Å²) in [6.07, 6.45) is 3.25. The molecule has 156 valence electrons. The summed E-state index contributed by atoms with van der Waals surface area (Å²) in [7, 11) is 0. The second kappa shape index (κ2) is 8.43. The number of benzene rings is 1. The van der Waals surface area contributed by atoms with Crippen molar-refractivity contribution in [2.45, 2.75) is 26.8 Å². The first kappa shape index (κ1) is 20.3. The molecule has 7 nitrogen and oxygen atoms in total. The van der Waals surface area contributed by atoms with Crippen molar-refractivity contribution in [3.05, 3.63) is 83.5 Å². The van der Waals surface area contributed by atoms with Gasteiger partial charge in [-0.05, 0) is 55.8 Å². The zero-order chi connectivity index (χ0) is 22.0. The largest absolute Gasteiger partial charge is 0.342 e. The highest BCUT2D eigenvalue weighted by molar-refractivity contribution is 5.97. The number of aryl methyl sites for hydroxylation is 2. The smallest absolute Gasteiger partial charge is 0.251 e. The lowest BCUT2D eigenvalue weighted by molar-refractivity contribution is 0.0938. The number of pyridine rings is 2. The molecule has 0 fully saturated rings. The Bertz CT molecular complexity index is 1240. The van der Waals surface area contributed by atoms with E-state index in [1.807, 2.05) is 19.1 Å². The summed E-state index contributed by atoms with van der Waals surface area (Å²) >= 11 is 0. The third-order valence-corrected chi connectivity index (χ3v) is 4.71. The van der Waals surface area contributed by atoms with Crippen molar-refractivity contribution in [1.29, 1.82) is 0 Å². The maximum atomic E-state index is 14.4. The first-order valence-corrected chi connectivity index (χ1v) is 9.71. The van der Waals surface area contributed by atoms with Gasteiger partial charge in [0.05, 0.1) is 11.7 Å². The predicted octanol–water partition coefficient (Wildman–Crippen LogP) is 4.44. The summed E-state index contributed by atoms with van der Waals surface area (Å²) in [5, 5.41) is 6.69. The van der Waals surface area contributed by atoms with Crippen molar-refractivity contribution >= 4 is 5.91 Å². The van der Waals surface area contributed by atoms with E-state index in [4.69, 9.17) is 4.52 Å². The Morgan fingerprint density at radius 3 is 2.58 bits per heavy atom. The quantitative estimate of drug-likeness (QED) is 0.516. The summed E-state index contributed by atoms with van der Waals surface area (Å²) in [5.41, 5.74) is 3.33. The van der Waals surface area contributed by atoms with E-state index in [9.17, 15) is 9.18 Å². The number of halogens is 1. The Balaban J connectivity index is 1.74. The lowest BCUT2D eigenvalue weighted by Gasteiger charge is -2.13. The highest BCUT2D eigenvalue weighted by Gasteiger charge is 2.19. The lowest BCUT2D eigenvalue weighted by atomic mass is 9.99. The van der Waals surface area contributed by atoms with E-state index in [0.717, 1.165) is 5.56 Å². The van der Waals surface area contributed by atoms with Crippen LogP contribution in [0.3, 0.4) is 0 Å². The molecule has 0 radical (unpaired) electrons. The van der Waals surface area contributed by atoms with E-state index in [-0.39, 0.29) is 11.6 Å². The minimum Gasteiger partial charge on any atom is -0.342 e. The molecule has 0 aliphatic rings. The number of aromatic nitrogens is 4. The third kappa shape index (κ3) is 4.48. The third-order valence-electron chi connectivity index (χ3n) is 4.71. The molecule has 1 N–H and O–H groups in total. The zero-order valence-electron chi connectivity index (χ0n) is 17.3. The van der Waals surface area contributed by atoms with Gasteiger partial charge in [-0.1, -0.05) is 11.2 Å². The highest BCUT2D eigenvalue weighted by atomic mass is 19.1. The van der Waals surface area contributed by atoms with Crippen LogP contribution in [0.2, 0.25) is 0 Å². The Labute approximate surface area is 178 Å². The maximum absolute atomic E-state index is 14.4. The molecule has 1 aromatic carbocycles. The van der Waals surface area contributed by atoms with Crippen LogP contribution >= 0.6 is 0 Å². The summed E-state index contributed by atoms with van der Waals surface area (Å²) in [6.45, 7) is 5.38. The predicted molar refractivity (Wildman–Crippen MR) is 113 cm³/mol. The van der Waals surface area contributed by atoms with Gasteiger partial charge in [0, 0.05) is 36.0 Å². The summed E-state index contributed by atoms with van der Waals surface area (Å²) < 4.78 is 19.4. The van der Waals surface area contributed by atoms with Gasteiger partial charge in [0.2, 0.25) is 5.89 Å². The van der Waals surface area contributed by atoms with Gasteiger partial charge in [0.15, 0.2) is 5.82 Å². The minimum absolute atomic E-state index is 0.160. The fourth-order valence-electron chi connectivity index (χ4n) is 3.12. The van der Waals surface area contributed by atoms with Gasteiger partial charge in [-0.25, -0.2) is 4.39 Å². The number of hydrogen-bond donors (Lipinski definition) is 1. The summed E-state index contributed by atoms with van der Waals surface area (Å²) in [5.74, 6) is -0.0466. The molecule has 0 saturated carbocycles. The van der Waals surface area contributed by atoms with Crippen molar-refractivity contribution in [3.63, 3.8) is 0 Å². The minimum atomic E-state index is -0.474. The van der Waals surface area contributed by atoms with E-state index < -0.39 is 11.9 Å². The molecule has 0 saturated heterocycles. The van der Waals surface area contributed by atoms with Crippen molar-refractivity contribution in [1.82, 2.24) is 25.4 Å². The normalized spacial score (nSPS) is 11.9. The second-order valence-electron chi connectivity index (χ2n) is 7.22. The van der Waals surface area contributed by atoms with Crippen LogP contribution in [0.15, 0.2) is 59.4 Å². The molecule has 0 unspecified atom stereocenters. The molecule has 0 aliphatic carbocycles. The van der Waals surface area contributed by atoms with Gasteiger partial charge in [-0.3, -0.25) is 14.8 Å². The van der Waals surface area contributed by atoms with Gasteiger partial charge in [-0.2, -0.15) is 4.98 Å². The molecule has 3 aromatic heterocycles. The first-order chi connectivity index (χ1) is 14.9. The molecule has 0 aliphatic heterocycles. The van der Waals surface area contributed by atoms with Gasteiger partial charge in [-0.15, -0.1) is 0 Å². The average Bonchev–Trinajstić information content (AvgIpc) is 3.21. The molecule has 4 aromatic rings. The van der Waals surface area contributed by atoms with Gasteiger partial charge in [0.1, 0.15) is 11.5 Å². The highest BCUT2D eigenvalue weighted by Crippen LogP contribution is 2.28. The molecule has 31 heavy (non-hydrogen) atoms. The molecule has 8 heteroatoms. The standard InChI is InChI=1S/C23H20FN5O2/c1-13-6-7-20(26-12-13)16-9-17(21-19(24)5-4-8-25-21)11-18(10-16)23(30)27-14(2)22-28-15(3)31-29-22/h4-12,14H,1-3H3,(H,27,30)/t14-/m1/s1. The van der Waals surface area contributed by atoms with Crippen molar-refractivity contribution in [2.24, 2.45) is 0 Å². The van der Waals surface area contributed by atoms with Gasteiger partial charge in [0.25, 0.3) is 5.91 Å². The molecule has 4 rings (SSSR count). The van der Waals surface area contributed by atoms with Crippen molar-refractivity contribution in [3.8, 4) is 22.5 Å². The molecule has 0 bridgehead atoms. The number of rotatable bonds is 5. The molecule has 1 amide bonds. The van der Waals surface area contributed by atoms with E-state index in [1.165, 1.54) is 18.3 Å². The second-order valence-corrected chi connectivity index (χ2v) is 7.22. The van der Waals surface area contributed by atoms with Crippen LogP contribution in [-0.2, 0) is 0 Å². The fraction of sp³-hybridized carbons (Fsp3) is 0.174. The van der Waals surface area contributed by atoms with Crippen LogP contribution in [-0.4, -0.2) is 26.0 Å². The lowest BCUT2D eigenvalue weighted by Crippen LogP contribution is -2.27. The number of carbonyl (C=O) groups is 1. The van der Waals surface area contributed by atoms with Crippen LogP contribution in [0.4, 0.5) is 4.39 Å². The SMILES string of the molecule is Cc1ccc(-c2cc(C(=O)N[C@H](C)c3noc(C)n3)cc(-c3ncccc3F)c2)nc1. The van der Waals surface area contributed by atoms with E-state index in [2.05, 4.69) is 25.4 Å². The Kier molecular flexibility index (Phi) is 5.53. The van der Waals surface area contributed by atoms with Crippen LogP contribution in [0.25, 0.3) is 22.5 Å². The molecule has 0 spiro atoms. The van der Waals surface area contributed by atoms with Crippen LogP contribution in [0, 0.1) is 19.7 Å². The van der Waals surface area contributed by atoms with E-state index in [1.54, 1.807) is 38.2 Å². The molecule has 1 atom stereocenters. The van der Waals surface area contributed by atoms with E-state index in [0.29, 0.717) is 34.1 Å². The van der Waals surface area contributed by atoms with Crippen LogP contribution in [0.1, 0.15) is 40.6 Å². The Morgan fingerprint density at radius 2 is 1.90 bits per heavy atom. The number of amides is 1. The molecular formula is C23H20FN5O2. The maximum Gasteiger partial charge on any atom is 0.251 e. The Hall–Kier alpha value is -3.94. The van der Waals surface area contributed by atoms with Gasteiger partial charge >= 0.3 is 0 Å². The monoisotopic (exact) mass is 417 g/mol. The average molecular weight is 417 g/mol. The van der Waals surface area contributed by atoms with Crippen molar-refractivity contribution < 1.29 is 13.7 Å². The van der Waals surface area contributed by atoms with Crippen LogP contribution < -0.4 is 5.32 Å². The van der Waals surface area contributed by atoms with E-state index >= 15 is 0 Å². The zero-order valence-corrected chi connectivity index (χ0v) is 17.3. The van der Waals surface area contributed by atoms with Crippen molar-refractivity contribution in [2.75, 3.05) is 0 Å². The van der Waals surface area contributed by atoms with Gasteiger partial charge < -0.3 is 9.84 Å². The summed E-state index contributed by atoms with van der Waals surface area (Å²) in [4.78, 5) is 25.7. The fourth-order valence-corrected chi connectivity index (χ4v) is 3.12. The number of carbonyl (C=O) groups excluding carboxylic acids is 1. The first-order valence-electron chi connectivity index (χ1n) is 9.71. The summed E-state index contributed by atoms with van der Waals surface area (Å²) in [6, 6.07) is 11.3. The number of hydrogen-bond acceptors (Lipinski definition) is 6.